The van der Waals surface area contributed by atoms with Crippen LogP contribution in [0.15, 0.2) is 30.3 Å². The number of nitrogens with zero attached hydrogens (tertiary/aromatic N) is 3. The SMILES string of the molecule is CC(C)(C)OC(=O)NCC1CCN(C(=O)CCC(=O)N(CCC#N)c2ccccc2)CC1. The molecule has 0 spiro atoms. The Bertz CT molecular complexity index is 806. The normalized spacial score (nSPS) is 14.4. The van der Waals surface area contributed by atoms with Crippen molar-refractivity contribution in [2.75, 3.05) is 31.1 Å². The van der Waals surface area contributed by atoms with Gasteiger partial charge in [-0.25, -0.2) is 4.79 Å². The molecule has 8 nitrogen and oxygen atoms in total. The molecule has 0 radical (unpaired) electrons. The molecule has 1 saturated heterocycles. The summed E-state index contributed by atoms with van der Waals surface area (Å²) in [4.78, 5) is 40.5. The number of amides is 3. The van der Waals surface area contributed by atoms with Crippen molar-refractivity contribution >= 4 is 23.6 Å². The number of carbonyl (C=O) groups excluding carboxylic acids is 3. The molecule has 1 aliphatic rings. The van der Waals surface area contributed by atoms with Gasteiger partial charge in [0.2, 0.25) is 11.8 Å². The minimum absolute atomic E-state index is 0.0369. The van der Waals surface area contributed by atoms with Gasteiger partial charge in [-0.05, 0) is 51.7 Å². The molecular formula is C24H34N4O4. The molecule has 0 aromatic heterocycles. The first-order valence-electron chi connectivity index (χ1n) is 11.2. The number of alkyl carbamates (subject to hydrolysis) is 1. The Morgan fingerprint density at radius 1 is 1.16 bits per heavy atom. The Hall–Kier alpha value is -3.08. The average Bonchev–Trinajstić information content (AvgIpc) is 2.76. The van der Waals surface area contributed by atoms with Crippen LogP contribution in [0.25, 0.3) is 0 Å². The van der Waals surface area contributed by atoms with Crippen LogP contribution < -0.4 is 10.2 Å². The molecule has 32 heavy (non-hydrogen) atoms. The van der Waals surface area contributed by atoms with Gasteiger partial charge < -0.3 is 19.9 Å². The van der Waals surface area contributed by atoms with Gasteiger partial charge in [0.25, 0.3) is 0 Å². The number of carbonyl (C=O) groups is 3. The maximum Gasteiger partial charge on any atom is 0.407 e. The zero-order chi connectivity index (χ0) is 23.6. The Morgan fingerprint density at radius 2 is 1.81 bits per heavy atom. The standard InChI is InChI=1S/C24H34N4O4/c1-24(2,3)32-23(31)26-18-19-12-16-27(17-13-19)21(29)10-11-22(30)28(15-7-14-25)20-8-5-4-6-9-20/h4-6,8-9,19H,7,10-13,15-18H2,1-3H3,(H,26,31). The molecule has 1 N–H and O–H groups in total. The molecule has 1 aromatic carbocycles. The average molecular weight is 443 g/mol. The maximum atomic E-state index is 12.7. The first-order valence-corrected chi connectivity index (χ1v) is 11.2. The van der Waals surface area contributed by atoms with Crippen LogP contribution in [0.5, 0.6) is 0 Å². The van der Waals surface area contributed by atoms with Crippen molar-refractivity contribution in [3.8, 4) is 6.07 Å². The summed E-state index contributed by atoms with van der Waals surface area (Å²) in [6, 6.07) is 11.3. The van der Waals surface area contributed by atoms with Crippen molar-refractivity contribution in [1.82, 2.24) is 10.2 Å². The molecule has 0 bridgehead atoms. The molecular weight excluding hydrogens is 408 g/mol. The zero-order valence-electron chi connectivity index (χ0n) is 19.3. The minimum atomic E-state index is -0.526. The van der Waals surface area contributed by atoms with Gasteiger partial charge in [-0.3, -0.25) is 9.59 Å². The quantitative estimate of drug-likeness (QED) is 0.664. The van der Waals surface area contributed by atoms with Crippen LogP contribution in [0.4, 0.5) is 10.5 Å². The van der Waals surface area contributed by atoms with Gasteiger partial charge in [0, 0.05) is 44.7 Å². The second-order valence-electron chi connectivity index (χ2n) is 9.00. The Morgan fingerprint density at radius 3 is 2.41 bits per heavy atom. The Balaban J connectivity index is 1.76. The van der Waals surface area contributed by atoms with Crippen molar-refractivity contribution in [2.24, 2.45) is 5.92 Å². The highest BCUT2D eigenvalue weighted by Gasteiger charge is 2.25. The van der Waals surface area contributed by atoms with E-state index in [1.807, 2.05) is 51.1 Å². The molecule has 0 atom stereocenters. The van der Waals surface area contributed by atoms with Gasteiger partial charge >= 0.3 is 6.09 Å². The summed E-state index contributed by atoms with van der Waals surface area (Å²) < 4.78 is 5.25. The lowest BCUT2D eigenvalue weighted by molar-refractivity contribution is -0.134. The highest BCUT2D eigenvalue weighted by molar-refractivity contribution is 5.95. The summed E-state index contributed by atoms with van der Waals surface area (Å²) in [6.45, 7) is 7.54. The molecule has 0 saturated carbocycles. The number of hydrogen-bond donors (Lipinski definition) is 1. The number of para-hydroxylation sites is 1. The lowest BCUT2D eigenvalue weighted by Gasteiger charge is -2.32. The molecule has 174 valence electrons. The molecule has 8 heteroatoms. The van der Waals surface area contributed by atoms with E-state index >= 15 is 0 Å². The number of likely N-dealkylation sites (tertiary alicyclic amines) is 1. The van der Waals surface area contributed by atoms with Gasteiger partial charge in [-0.2, -0.15) is 5.26 Å². The second kappa shape index (κ2) is 12.1. The van der Waals surface area contributed by atoms with Gasteiger partial charge in [0.15, 0.2) is 0 Å². The highest BCUT2D eigenvalue weighted by Crippen LogP contribution is 2.19. The fraction of sp³-hybridized carbons (Fsp3) is 0.583. The molecule has 2 rings (SSSR count). The predicted molar refractivity (Wildman–Crippen MR) is 122 cm³/mol. The summed E-state index contributed by atoms with van der Waals surface area (Å²) in [7, 11) is 0. The van der Waals surface area contributed by atoms with Gasteiger partial charge in [-0.1, -0.05) is 18.2 Å². The van der Waals surface area contributed by atoms with E-state index in [2.05, 4.69) is 11.4 Å². The lowest BCUT2D eigenvalue weighted by Crippen LogP contribution is -2.42. The van der Waals surface area contributed by atoms with Crippen molar-refractivity contribution in [1.29, 1.82) is 5.26 Å². The summed E-state index contributed by atoms with van der Waals surface area (Å²) in [5.74, 6) is 0.106. The van der Waals surface area contributed by atoms with Crippen LogP contribution >= 0.6 is 0 Å². The fourth-order valence-electron chi connectivity index (χ4n) is 3.60. The van der Waals surface area contributed by atoms with Crippen LogP contribution in [0.3, 0.4) is 0 Å². The van der Waals surface area contributed by atoms with E-state index in [4.69, 9.17) is 10.00 Å². The Kier molecular flexibility index (Phi) is 9.51. The largest absolute Gasteiger partial charge is 0.444 e. The van der Waals surface area contributed by atoms with Crippen LogP contribution in [0, 0.1) is 17.2 Å². The molecule has 0 aliphatic carbocycles. The van der Waals surface area contributed by atoms with Crippen LogP contribution in [0.2, 0.25) is 0 Å². The third kappa shape index (κ3) is 8.58. The second-order valence-corrected chi connectivity index (χ2v) is 9.00. The smallest absolute Gasteiger partial charge is 0.407 e. The number of piperidine rings is 1. The van der Waals surface area contributed by atoms with Gasteiger partial charge in [-0.15, -0.1) is 0 Å². The number of hydrogen-bond acceptors (Lipinski definition) is 5. The fourth-order valence-corrected chi connectivity index (χ4v) is 3.60. The third-order valence-corrected chi connectivity index (χ3v) is 5.27. The topological polar surface area (TPSA) is 103 Å². The number of nitriles is 1. The summed E-state index contributed by atoms with van der Waals surface area (Å²) in [6.07, 6.45) is 1.67. The first-order chi connectivity index (χ1) is 15.2. The van der Waals surface area contributed by atoms with E-state index < -0.39 is 11.7 Å². The zero-order valence-corrected chi connectivity index (χ0v) is 19.3. The van der Waals surface area contributed by atoms with Crippen molar-refractivity contribution in [3.63, 3.8) is 0 Å². The molecule has 1 fully saturated rings. The number of ether oxygens (including phenoxy) is 1. The van der Waals surface area contributed by atoms with Crippen molar-refractivity contribution < 1.29 is 19.1 Å². The van der Waals surface area contributed by atoms with Gasteiger partial charge in [0.05, 0.1) is 12.5 Å². The van der Waals surface area contributed by atoms with E-state index in [-0.39, 0.29) is 31.1 Å². The summed E-state index contributed by atoms with van der Waals surface area (Å²) in [5.41, 5.74) is 0.209. The third-order valence-electron chi connectivity index (χ3n) is 5.27. The predicted octanol–water partition coefficient (Wildman–Crippen LogP) is 3.48. The van der Waals surface area contributed by atoms with Crippen molar-refractivity contribution in [2.45, 2.75) is 58.5 Å². The van der Waals surface area contributed by atoms with E-state index in [1.54, 1.807) is 9.80 Å². The molecule has 1 aliphatic heterocycles. The summed E-state index contributed by atoms with van der Waals surface area (Å²) >= 11 is 0. The number of nitrogens with one attached hydrogen (secondary N) is 1. The Labute approximate surface area is 190 Å². The number of anilines is 1. The highest BCUT2D eigenvalue weighted by atomic mass is 16.6. The maximum absolute atomic E-state index is 12.7. The van der Waals surface area contributed by atoms with Crippen LogP contribution in [0.1, 0.15) is 52.9 Å². The van der Waals surface area contributed by atoms with Crippen LogP contribution in [-0.4, -0.2) is 54.6 Å². The van der Waals surface area contributed by atoms with Crippen LogP contribution in [-0.2, 0) is 14.3 Å². The number of benzene rings is 1. The number of rotatable bonds is 8. The first kappa shape index (κ1) is 25.2. The molecule has 3 amide bonds. The van der Waals surface area contributed by atoms with E-state index in [1.165, 1.54) is 0 Å². The van der Waals surface area contributed by atoms with Crippen molar-refractivity contribution in [3.05, 3.63) is 30.3 Å². The van der Waals surface area contributed by atoms with Gasteiger partial charge in [0.1, 0.15) is 5.60 Å². The molecule has 1 aromatic rings. The minimum Gasteiger partial charge on any atom is -0.444 e. The van der Waals surface area contributed by atoms with E-state index in [0.29, 0.717) is 32.1 Å². The molecule has 0 unspecified atom stereocenters. The monoisotopic (exact) mass is 442 g/mol. The summed E-state index contributed by atoms with van der Waals surface area (Å²) in [5, 5.41) is 11.7. The molecule has 1 heterocycles. The van der Waals surface area contributed by atoms with E-state index in [9.17, 15) is 14.4 Å². The van der Waals surface area contributed by atoms with E-state index in [0.717, 1.165) is 18.5 Å². The lowest BCUT2D eigenvalue weighted by atomic mass is 9.96.